The van der Waals surface area contributed by atoms with Crippen molar-refractivity contribution in [2.75, 3.05) is 33.9 Å². The highest BCUT2D eigenvalue weighted by atomic mass is 79.9. The van der Waals surface area contributed by atoms with E-state index in [4.69, 9.17) is 15.2 Å². The predicted octanol–water partition coefficient (Wildman–Crippen LogP) is 2.81. The summed E-state index contributed by atoms with van der Waals surface area (Å²) >= 11 is 3.60. The van der Waals surface area contributed by atoms with E-state index in [-0.39, 0.29) is 6.04 Å². The Morgan fingerprint density at radius 3 is 2.11 bits per heavy atom. The summed E-state index contributed by atoms with van der Waals surface area (Å²) in [5.41, 5.74) is 7.08. The average molecular weight is 331 g/mol. The number of benzene rings is 1. The van der Waals surface area contributed by atoms with Gasteiger partial charge in [0.15, 0.2) is 11.5 Å². The van der Waals surface area contributed by atoms with Crippen LogP contribution >= 0.6 is 15.9 Å². The molecule has 4 nitrogen and oxygen atoms in total. The number of rotatable bonds is 7. The van der Waals surface area contributed by atoms with Gasteiger partial charge < -0.3 is 15.2 Å². The zero-order valence-electron chi connectivity index (χ0n) is 12.1. The van der Waals surface area contributed by atoms with Crippen LogP contribution in [0.5, 0.6) is 11.5 Å². The van der Waals surface area contributed by atoms with Crippen LogP contribution in [0, 0.1) is 0 Å². The Morgan fingerprint density at radius 1 is 1.16 bits per heavy atom. The molecular weight excluding hydrogens is 308 g/mol. The predicted molar refractivity (Wildman–Crippen MR) is 82.0 cm³/mol. The molecular formula is C14H23BrN2O2. The van der Waals surface area contributed by atoms with E-state index < -0.39 is 0 Å². The molecule has 0 fully saturated rings. The van der Waals surface area contributed by atoms with Crippen LogP contribution in [-0.2, 0) is 0 Å². The SMILES string of the molecule is CCN(CC)C(CN)c1cc(OC)c(OC)cc1Br. The largest absolute Gasteiger partial charge is 0.493 e. The number of nitrogens with two attached hydrogens (primary N) is 1. The van der Waals surface area contributed by atoms with Gasteiger partial charge in [-0.3, -0.25) is 4.90 Å². The van der Waals surface area contributed by atoms with Crippen molar-refractivity contribution in [3.63, 3.8) is 0 Å². The van der Waals surface area contributed by atoms with E-state index in [1.54, 1.807) is 14.2 Å². The van der Waals surface area contributed by atoms with Crippen molar-refractivity contribution in [3.8, 4) is 11.5 Å². The molecule has 1 rings (SSSR count). The molecule has 1 aromatic carbocycles. The van der Waals surface area contributed by atoms with E-state index in [2.05, 4.69) is 34.7 Å². The second-order valence-electron chi connectivity index (χ2n) is 4.20. The van der Waals surface area contributed by atoms with Gasteiger partial charge in [0.25, 0.3) is 0 Å². The summed E-state index contributed by atoms with van der Waals surface area (Å²) in [6, 6.07) is 4.10. The van der Waals surface area contributed by atoms with Gasteiger partial charge in [-0.25, -0.2) is 0 Å². The molecule has 0 saturated heterocycles. The second kappa shape index (κ2) is 7.72. The summed E-state index contributed by atoms with van der Waals surface area (Å²) in [4.78, 5) is 2.33. The number of hydrogen-bond acceptors (Lipinski definition) is 4. The maximum absolute atomic E-state index is 5.95. The molecule has 0 aromatic heterocycles. The van der Waals surface area contributed by atoms with Gasteiger partial charge in [-0.05, 0) is 30.8 Å². The molecule has 2 N–H and O–H groups in total. The fourth-order valence-electron chi connectivity index (χ4n) is 2.26. The Bertz CT molecular complexity index is 409. The monoisotopic (exact) mass is 330 g/mol. The van der Waals surface area contributed by atoms with Crippen molar-refractivity contribution in [3.05, 3.63) is 22.2 Å². The van der Waals surface area contributed by atoms with Crippen LogP contribution < -0.4 is 15.2 Å². The Labute approximate surface area is 124 Å². The highest BCUT2D eigenvalue weighted by Gasteiger charge is 2.21. The van der Waals surface area contributed by atoms with E-state index >= 15 is 0 Å². The lowest BCUT2D eigenvalue weighted by Gasteiger charge is -2.30. The number of halogens is 1. The van der Waals surface area contributed by atoms with E-state index in [1.165, 1.54) is 0 Å². The fourth-order valence-corrected chi connectivity index (χ4v) is 2.85. The lowest BCUT2D eigenvalue weighted by Crippen LogP contribution is -2.33. The zero-order valence-corrected chi connectivity index (χ0v) is 13.7. The van der Waals surface area contributed by atoms with E-state index in [1.807, 2.05) is 12.1 Å². The number of hydrogen-bond donors (Lipinski definition) is 1. The molecule has 0 radical (unpaired) electrons. The first-order chi connectivity index (χ1) is 9.12. The van der Waals surface area contributed by atoms with Crippen molar-refractivity contribution in [1.82, 2.24) is 4.90 Å². The van der Waals surface area contributed by atoms with Crippen molar-refractivity contribution in [2.24, 2.45) is 5.73 Å². The molecule has 0 aliphatic heterocycles. The molecule has 0 aliphatic rings. The number of likely N-dealkylation sites (N-methyl/N-ethyl adjacent to an activating group) is 1. The lowest BCUT2D eigenvalue weighted by atomic mass is 10.0. The quantitative estimate of drug-likeness (QED) is 0.835. The van der Waals surface area contributed by atoms with Crippen molar-refractivity contribution in [2.45, 2.75) is 19.9 Å². The number of ether oxygens (including phenoxy) is 2. The third-order valence-electron chi connectivity index (χ3n) is 3.34. The first kappa shape index (κ1) is 16.3. The minimum atomic E-state index is 0.171. The van der Waals surface area contributed by atoms with Gasteiger partial charge in [0, 0.05) is 17.1 Å². The molecule has 0 aliphatic carbocycles. The smallest absolute Gasteiger partial charge is 0.161 e. The molecule has 1 aromatic rings. The maximum atomic E-state index is 5.95. The topological polar surface area (TPSA) is 47.7 Å². The number of methoxy groups -OCH3 is 2. The van der Waals surface area contributed by atoms with Gasteiger partial charge in [0.1, 0.15) is 0 Å². The molecule has 0 bridgehead atoms. The van der Waals surface area contributed by atoms with Crippen LogP contribution in [0.25, 0.3) is 0 Å². The van der Waals surface area contributed by atoms with Crippen LogP contribution in [0.15, 0.2) is 16.6 Å². The third-order valence-corrected chi connectivity index (χ3v) is 4.03. The van der Waals surface area contributed by atoms with Crippen molar-refractivity contribution in [1.29, 1.82) is 0 Å². The molecule has 0 spiro atoms. The molecule has 1 unspecified atom stereocenters. The van der Waals surface area contributed by atoms with Gasteiger partial charge in [-0.1, -0.05) is 29.8 Å². The maximum Gasteiger partial charge on any atom is 0.161 e. The minimum absolute atomic E-state index is 0.171. The van der Waals surface area contributed by atoms with Gasteiger partial charge in [-0.2, -0.15) is 0 Å². The fraction of sp³-hybridized carbons (Fsp3) is 0.571. The molecule has 108 valence electrons. The summed E-state index contributed by atoms with van der Waals surface area (Å²) in [6.45, 7) is 6.76. The third kappa shape index (κ3) is 3.61. The Balaban J connectivity index is 3.23. The van der Waals surface area contributed by atoms with E-state index in [0.29, 0.717) is 12.3 Å². The normalized spacial score (nSPS) is 12.6. The van der Waals surface area contributed by atoms with E-state index in [9.17, 15) is 0 Å². The minimum Gasteiger partial charge on any atom is -0.493 e. The van der Waals surface area contributed by atoms with Crippen LogP contribution in [-0.4, -0.2) is 38.8 Å². The Morgan fingerprint density at radius 2 is 1.68 bits per heavy atom. The number of nitrogens with zero attached hydrogens (tertiary/aromatic N) is 1. The highest BCUT2D eigenvalue weighted by Crippen LogP contribution is 2.37. The van der Waals surface area contributed by atoms with Crippen molar-refractivity contribution >= 4 is 15.9 Å². The summed E-state index contributed by atoms with van der Waals surface area (Å²) in [6.07, 6.45) is 0. The van der Waals surface area contributed by atoms with E-state index in [0.717, 1.165) is 28.9 Å². The molecule has 0 heterocycles. The van der Waals surface area contributed by atoms with Gasteiger partial charge in [-0.15, -0.1) is 0 Å². The molecule has 1 atom stereocenters. The average Bonchev–Trinajstić information content (AvgIpc) is 2.44. The first-order valence-corrected chi connectivity index (χ1v) is 7.27. The summed E-state index contributed by atoms with van der Waals surface area (Å²) in [5.74, 6) is 1.44. The van der Waals surface area contributed by atoms with Crippen LogP contribution in [0.4, 0.5) is 0 Å². The first-order valence-electron chi connectivity index (χ1n) is 6.48. The zero-order chi connectivity index (χ0) is 14.4. The van der Waals surface area contributed by atoms with Crippen LogP contribution in [0.3, 0.4) is 0 Å². The van der Waals surface area contributed by atoms with Gasteiger partial charge in [0.2, 0.25) is 0 Å². The summed E-state index contributed by atoms with van der Waals surface area (Å²) in [5, 5.41) is 0. The van der Waals surface area contributed by atoms with Gasteiger partial charge >= 0.3 is 0 Å². The molecule has 0 amide bonds. The Hall–Kier alpha value is -0.780. The standard InChI is InChI=1S/C14H23BrN2O2/c1-5-17(6-2)12(9-16)10-7-13(18-3)14(19-4)8-11(10)15/h7-8,12H,5-6,9,16H2,1-4H3. The highest BCUT2D eigenvalue weighted by molar-refractivity contribution is 9.10. The van der Waals surface area contributed by atoms with Gasteiger partial charge in [0.05, 0.1) is 14.2 Å². The lowest BCUT2D eigenvalue weighted by molar-refractivity contribution is 0.222. The molecule has 0 saturated carbocycles. The molecule has 5 heteroatoms. The second-order valence-corrected chi connectivity index (χ2v) is 5.06. The summed E-state index contributed by atoms with van der Waals surface area (Å²) in [7, 11) is 3.28. The van der Waals surface area contributed by atoms with Crippen LogP contribution in [0.2, 0.25) is 0 Å². The van der Waals surface area contributed by atoms with Crippen LogP contribution in [0.1, 0.15) is 25.5 Å². The Kier molecular flexibility index (Phi) is 6.62. The summed E-state index contributed by atoms with van der Waals surface area (Å²) < 4.78 is 11.7. The van der Waals surface area contributed by atoms with Crippen molar-refractivity contribution < 1.29 is 9.47 Å². The molecule has 19 heavy (non-hydrogen) atoms.